The van der Waals surface area contributed by atoms with Crippen LogP contribution in [0.2, 0.25) is 0 Å². The first-order valence-corrected chi connectivity index (χ1v) is 6.28. The summed E-state index contributed by atoms with van der Waals surface area (Å²) in [7, 11) is 0. The maximum absolute atomic E-state index is 11.5. The predicted octanol–water partition coefficient (Wildman–Crippen LogP) is 1.70. The van der Waals surface area contributed by atoms with E-state index in [4.69, 9.17) is 9.84 Å². The number of amides is 1. The number of anilines is 1. The third-order valence-corrected chi connectivity index (χ3v) is 2.80. The average molecular weight is 276 g/mol. The zero-order valence-electron chi connectivity index (χ0n) is 11.1. The SMILES string of the molecule is CCOCC(=O)Nc1ccc2c(ccn2CC(=O)O)c1. The smallest absolute Gasteiger partial charge is 0.323 e. The average Bonchev–Trinajstić information content (AvgIpc) is 2.78. The van der Waals surface area contributed by atoms with E-state index in [-0.39, 0.29) is 19.1 Å². The molecule has 2 aromatic rings. The van der Waals surface area contributed by atoms with Gasteiger partial charge in [0.2, 0.25) is 5.91 Å². The summed E-state index contributed by atoms with van der Waals surface area (Å²) < 4.78 is 6.66. The van der Waals surface area contributed by atoms with Gasteiger partial charge >= 0.3 is 5.97 Å². The normalized spacial score (nSPS) is 10.7. The lowest BCUT2D eigenvalue weighted by atomic mass is 10.2. The first-order chi connectivity index (χ1) is 9.60. The molecule has 2 rings (SSSR count). The number of carbonyl (C=O) groups is 2. The Morgan fingerprint density at radius 3 is 2.85 bits per heavy atom. The molecular weight excluding hydrogens is 260 g/mol. The Bertz CT molecular complexity index is 633. The number of carboxylic acid groups (broad SMARTS) is 1. The Morgan fingerprint density at radius 2 is 2.15 bits per heavy atom. The number of hydrogen-bond donors (Lipinski definition) is 2. The summed E-state index contributed by atoms with van der Waals surface area (Å²) >= 11 is 0. The molecular formula is C14H16N2O4. The Balaban J connectivity index is 2.14. The standard InChI is InChI=1S/C14H16N2O4/c1-2-20-9-13(17)15-11-3-4-12-10(7-11)5-6-16(12)8-14(18)19/h3-7H,2,8-9H2,1H3,(H,15,17)(H,18,19). The summed E-state index contributed by atoms with van der Waals surface area (Å²) in [6.45, 7) is 2.25. The number of nitrogens with one attached hydrogen (secondary N) is 1. The zero-order valence-corrected chi connectivity index (χ0v) is 11.1. The molecule has 0 saturated carbocycles. The molecule has 1 aromatic heterocycles. The highest BCUT2D eigenvalue weighted by molar-refractivity contribution is 5.94. The minimum Gasteiger partial charge on any atom is -0.480 e. The largest absolute Gasteiger partial charge is 0.480 e. The van der Waals surface area contributed by atoms with Crippen LogP contribution < -0.4 is 5.32 Å². The highest BCUT2D eigenvalue weighted by Gasteiger charge is 2.07. The number of fused-ring (bicyclic) bond motifs is 1. The van der Waals surface area contributed by atoms with Gasteiger partial charge in [0.1, 0.15) is 13.2 Å². The fourth-order valence-corrected chi connectivity index (χ4v) is 1.95. The lowest BCUT2D eigenvalue weighted by molar-refractivity contribution is -0.137. The molecule has 0 radical (unpaired) electrons. The Hall–Kier alpha value is -2.34. The molecule has 0 aliphatic carbocycles. The van der Waals surface area contributed by atoms with Crippen molar-refractivity contribution in [2.75, 3.05) is 18.5 Å². The van der Waals surface area contributed by atoms with Gasteiger partial charge in [-0.15, -0.1) is 0 Å². The fraction of sp³-hybridized carbons (Fsp3) is 0.286. The van der Waals surface area contributed by atoms with Gasteiger partial charge in [-0.25, -0.2) is 0 Å². The van der Waals surface area contributed by atoms with Gasteiger partial charge in [0.05, 0.1) is 0 Å². The molecule has 0 unspecified atom stereocenters. The summed E-state index contributed by atoms with van der Waals surface area (Å²) in [6.07, 6.45) is 1.71. The first kappa shape index (κ1) is 14.1. The monoisotopic (exact) mass is 276 g/mol. The van der Waals surface area contributed by atoms with Crippen LogP contribution in [0.15, 0.2) is 30.5 Å². The number of carboxylic acids is 1. The molecule has 0 fully saturated rings. The van der Waals surface area contributed by atoms with Crippen LogP contribution in [0.1, 0.15) is 6.92 Å². The molecule has 0 aliphatic rings. The molecule has 0 aliphatic heterocycles. The van der Waals surface area contributed by atoms with Gasteiger partial charge in [0, 0.05) is 29.4 Å². The highest BCUT2D eigenvalue weighted by Crippen LogP contribution is 2.20. The van der Waals surface area contributed by atoms with Crippen molar-refractivity contribution in [1.29, 1.82) is 0 Å². The minimum absolute atomic E-state index is 0.0224. The lowest BCUT2D eigenvalue weighted by Crippen LogP contribution is -2.18. The van der Waals surface area contributed by atoms with E-state index in [1.165, 1.54) is 0 Å². The van der Waals surface area contributed by atoms with Crippen LogP contribution in [0.5, 0.6) is 0 Å². The lowest BCUT2D eigenvalue weighted by Gasteiger charge is -2.06. The van der Waals surface area contributed by atoms with Crippen LogP contribution in [-0.4, -0.2) is 34.8 Å². The molecule has 106 valence electrons. The van der Waals surface area contributed by atoms with E-state index in [0.717, 1.165) is 10.9 Å². The Labute approximate surface area is 116 Å². The van der Waals surface area contributed by atoms with Crippen molar-refractivity contribution in [1.82, 2.24) is 4.57 Å². The topological polar surface area (TPSA) is 80.6 Å². The van der Waals surface area contributed by atoms with E-state index in [9.17, 15) is 9.59 Å². The second-order valence-corrected chi connectivity index (χ2v) is 4.30. The summed E-state index contributed by atoms with van der Waals surface area (Å²) in [5.41, 5.74) is 1.48. The maximum atomic E-state index is 11.5. The summed E-state index contributed by atoms with van der Waals surface area (Å²) in [4.78, 5) is 22.3. The van der Waals surface area contributed by atoms with Gasteiger partial charge in [0.15, 0.2) is 0 Å². The molecule has 1 heterocycles. The van der Waals surface area contributed by atoms with E-state index in [1.54, 1.807) is 29.0 Å². The minimum atomic E-state index is -0.892. The van der Waals surface area contributed by atoms with Gasteiger partial charge in [-0.05, 0) is 31.2 Å². The molecule has 2 N–H and O–H groups in total. The van der Waals surface area contributed by atoms with Crippen LogP contribution in [0.25, 0.3) is 10.9 Å². The maximum Gasteiger partial charge on any atom is 0.323 e. The molecule has 1 aromatic carbocycles. The third-order valence-electron chi connectivity index (χ3n) is 2.80. The van der Waals surface area contributed by atoms with Gasteiger partial charge in [0.25, 0.3) is 0 Å². The fourth-order valence-electron chi connectivity index (χ4n) is 1.95. The van der Waals surface area contributed by atoms with Gasteiger partial charge in [-0.3, -0.25) is 9.59 Å². The van der Waals surface area contributed by atoms with Crippen molar-refractivity contribution in [3.63, 3.8) is 0 Å². The van der Waals surface area contributed by atoms with Crippen molar-refractivity contribution >= 4 is 28.5 Å². The van der Waals surface area contributed by atoms with Crippen LogP contribution in [0.3, 0.4) is 0 Å². The predicted molar refractivity (Wildman–Crippen MR) is 74.7 cm³/mol. The third kappa shape index (κ3) is 3.36. The molecule has 0 saturated heterocycles. The van der Waals surface area contributed by atoms with Crippen LogP contribution >= 0.6 is 0 Å². The van der Waals surface area contributed by atoms with Crippen molar-refractivity contribution in [2.45, 2.75) is 13.5 Å². The van der Waals surface area contributed by atoms with Gasteiger partial charge in [-0.1, -0.05) is 0 Å². The van der Waals surface area contributed by atoms with Crippen molar-refractivity contribution in [3.05, 3.63) is 30.5 Å². The van der Waals surface area contributed by atoms with E-state index >= 15 is 0 Å². The number of rotatable bonds is 6. The number of carbonyl (C=O) groups excluding carboxylic acids is 1. The molecule has 0 atom stereocenters. The van der Waals surface area contributed by atoms with E-state index in [0.29, 0.717) is 12.3 Å². The molecule has 6 nitrogen and oxygen atoms in total. The number of aliphatic carboxylic acids is 1. The number of nitrogens with zero attached hydrogens (tertiary/aromatic N) is 1. The number of ether oxygens (including phenoxy) is 1. The number of benzene rings is 1. The van der Waals surface area contributed by atoms with Crippen LogP contribution in [0.4, 0.5) is 5.69 Å². The number of hydrogen-bond acceptors (Lipinski definition) is 3. The molecule has 20 heavy (non-hydrogen) atoms. The molecule has 0 spiro atoms. The summed E-state index contributed by atoms with van der Waals surface area (Å²) in [6, 6.07) is 7.15. The van der Waals surface area contributed by atoms with Gasteiger partial charge < -0.3 is 19.7 Å². The second kappa shape index (κ2) is 6.21. The van der Waals surface area contributed by atoms with Gasteiger partial charge in [-0.2, -0.15) is 0 Å². The quantitative estimate of drug-likeness (QED) is 0.841. The van der Waals surface area contributed by atoms with E-state index in [2.05, 4.69) is 5.32 Å². The zero-order chi connectivity index (χ0) is 14.5. The molecule has 1 amide bonds. The van der Waals surface area contributed by atoms with E-state index in [1.807, 2.05) is 13.0 Å². The Kier molecular flexibility index (Phi) is 4.37. The van der Waals surface area contributed by atoms with Crippen molar-refractivity contribution in [2.24, 2.45) is 0 Å². The first-order valence-electron chi connectivity index (χ1n) is 6.28. The van der Waals surface area contributed by atoms with Crippen molar-refractivity contribution in [3.8, 4) is 0 Å². The van der Waals surface area contributed by atoms with Crippen LogP contribution in [0, 0.1) is 0 Å². The number of aromatic nitrogens is 1. The van der Waals surface area contributed by atoms with Crippen molar-refractivity contribution < 1.29 is 19.4 Å². The summed E-state index contributed by atoms with van der Waals surface area (Å²) in [5, 5.41) is 12.4. The highest BCUT2D eigenvalue weighted by atomic mass is 16.5. The van der Waals surface area contributed by atoms with Crippen LogP contribution in [-0.2, 0) is 20.9 Å². The second-order valence-electron chi connectivity index (χ2n) is 4.30. The summed E-state index contributed by atoms with van der Waals surface area (Å²) in [5.74, 6) is -1.10. The molecule has 6 heteroatoms. The molecule has 0 bridgehead atoms. The van der Waals surface area contributed by atoms with E-state index < -0.39 is 5.97 Å². The Morgan fingerprint density at radius 1 is 1.35 bits per heavy atom.